The maximum Gasteiger partial charge on any atom is 0.245 e. The Morgan fingerprint density at radius 2 is 2.32 bits per heavy atom. The van der Waals surface area contributed by atoms with Crippen molar-refractivity contribution in [1.82, 2.24) is 10.2 Å². The number of nitrogens with one attached hydrogen (secondary N) is 1. The van der Waals surface area contributed by atoms with Crippen LogP contribution in [0.5, 0.6) is 0 Å². The van der Waals surface area contributed by atoms with Gasteiger partial charge in [-0.2, -0.15) is 0 Å². The summed E-state index contributed by atoms with van der Waals surface area (Å²) in [6.07, 6.45) is 0.837. The number of carbonyl (C=O) groups excluding carboxylic acids is 2. The van der Waals surface area contributed by atoms with E-state index in [0.29, 0.717) is 31.6 Å². The molecule has 0 radical (unpaired) electrons. The van der Waals surface area contributed by atoms with Gasteiger partial charge in [0.1, 0.15) is 11.9 Å². The Hall–Kier alpha value is -1.66. The van der Waals surface area contributed by atoms with Crippen molar-refractivity contribution in [3.63, 3.8) is 0 Å². The van der Waals surface area contributed by atoms with Crippen molar-refractivity contribution in [2.45, 2.75) is 25.4 Å². The summed E-state index contributed by atoms with van der Waals surface area (Å²) in [4.78, 5) is 25.4. The third-order valence-corrected chi connectivity index (χ3v) is 3.90. The molecule has 0 bridgehead atoms. The molecule has 0 saturated carbocycles. The lowest BCUT2D eigenvalue weighted by Gasteiger charge is -2.26. The molecular weight excluding hydrogens is 311 g/mol. The predicted molar refractivity (Wildman–Crippen MR) is 79.9 cm³/mol. The molecule has 1 N–H and O–H groups in total. The summed E-state index contributed by atoms with van der Waals surface area (Å²) in [5, 5.41) is 2.93. The lowest BCUT2D eigenvalue weighted by atomic mass is 10.1. The van der Waals surface area contributed by atoms with Crippen LogP contribution in [0.1, 0.15) is 18.4 Å². The summed E-state index contributed by atoms with van der Waals surface area (Å²) >= 11 is 6.02. The molecule has 1 atom stereocenters. The standard InChI is InChI=1S/C15H18ClFN2O3/c1-22-7-6-19(15(21)13-4-5-14(20)18-13)9-10-2-3-11(17)8-12(10)16/h2-3,8,13H,4-7,9H2,1H3,(H,18,20)/t13-/m1/s1. The van der Waals surface area contributed by atoms with Crippen LogP contribution < -0.4 is 5.32 Å². The number of nitrogens with zero attached hydrogens (tertiary/aromatic N) is 1. The number of carbonyl (C=O) groups is 2. The second kappa shape index (κ2) is 7.56. The molecule has 0 spiro atoms. The van der Waals surface area contributed by atoms with Crippen molar-refractivity contribution in [2.24, 2.45) is 0 Å². The van der Waals surface area contributed by atoms with Crippen LogP contribution in [-0.2, 0) is 20.9 Å². The van der Waals surface area contributed by atoms with E-state index >= 15 is 0 Å². The molecule has 2 rings (SSSR count). The number of rotatable bonds is 6. The van der Waals surface area contributed by atoms with E-state index in [1.165, 1.54) is 12.1 Å². The third kappa shape index (κ3) is 4.18. The highest BCUT2D eigenvalue weighted by molar-refractivity contribution is 6.31. The van der Waals surface area contributed by atoms with Gasteiger partial charge in [0.05, 0.1) is 6.61 Å². The molecule has 0 unspecified atom stereocenters. The molecule has 5 nitrogen and oxygen atoms in total. The van der Waals surface area contributed by atoms with E-state index in [4.69, 9.17) is 16.3 Å². The summed E-state index contributed by atoms with van der Waals surface area (Å²) in [5.74, 6) is -0.722. The molecule has 22 heavy (non-hydrogen) atoms. The van der Waals surface area contributed by atoms with Crippen LogP contribution in [0.4, 0.5) is 4.39 Å². The number of amides is 2. The van der Waals surface area contributed by atoms with E-state index < -0.39 is 11.9 Å². The highest BCUT2D eigenvalue weighted by Crippen LogP contribution is 2.20. The molecule has 1 fully saturated rings. The minimum absolute atomic E-state index is 0.121. The quantitative estimate of drug-likeness (QED) is 0.865. The van der Waals surface area contributed by atoms with Crippen LogP contribution in [0, 0.1) is 5.82 Å². The second-order valence-electron chi connectivity index (χ2n) is 5.15. The highest BCUT2D eigenvalue weighted by Gasteiger charge is 2.30. The van der Waals surface area contributed by atoms with Crippen molar-refractivity contribution >= 4 is 23.4 Å². The highest BCUT2D eigenvalue weighted by atomic mass is 35.5. The van der Waals surface area contributed by atoms with Crippen LogP contribution in [0.15, 0.2) is 18.2 Å². The van der Waals surface area contributed by atoms with E-state index in [2.05, 4.69) is 5.32 Å². The van der Waals surface area contributed by atoms with Crippen LogP contribution in [0.3, 0.4) is 0 Å². The van der Waals surface area contributed by atoms with Crippen molar-refractivity contribution in [3.05, 3.63) is 34.6 Å². The van der Waals surface area contributed by atoms with Crippen LogP contribution in [-0.4, -0.2) is 43.0 Å². The van der Waals surface area contributed by atoms with Crippen LogP contribution in [0.2, 0.25) is 5.02 Å². The molecule has 0 aromatic heterocycles. The first-order valence-corrected chi connectivity index (χ1v) is 7.40. The Labute approximate surface area is 133 Å². The van der Waals surface area contributed by atoms with Gasteiger partial charge >= 0.3 is 0 Å². The molecule has 1 heterocycles. The number of methoxy groups -OCH3 is 1. The molecule has 1 saturated heterocycles. The lowest BCUT2D eigenvalue weighted by molar-refractivity contribution is -0.135. The Bertz CT molecular complexity index is 568. The summed E-state index contributed by atoms with van der Waals surface area (Å²) in [5.41, 5.74) is 0.650. The zero-order valence-corrected chi connectivity index (χ0v) is 13.0. The van der Waals surface area contributed by atoms with E-state index in [-0.39, 0.29) is 23.4 Å². The fourth-order valence-electron chi connectivity index (χ4n) is 2.34. The predicted octanol–water partition coefficient (Wildman–Crippen LogP) is 1.73. The second-order valence-corrected chi connectivity index (χ2v) is 5.55. The Kier molecular flexibility index (Phi) is 5.74. The lowest BCUT2D eigenvalue weighted by Crippen LogP contribution is -2.45. The van der Waals surface area contributed by atoms with E-state index in [1.54, 1.807) is 18.1 Å². The van der Waals surface area contributed by atoms with E-state index in [1.807, 2.05) is 0 Å². The zero-order chi connectivity index (χ0) is 16.1. The normalized spacial score (nSPS) is 17.4. The smallest absolute Gasteiger partial charge is 0.245 e. The van der Waals surface area contributed by atoms with Gasteiger partial charge in [-0.1, -0.05) is 17.7 Å². The largest absolute Gasteiger partial charge is 0.383 e. The van der Waals surface area contributed by atoms with E-state index in [9.17, 15) is 14.0 Å². The summed E-state index contributed by atoms with van der Waals surface area (Å²) in [6, 6.07) is 3.56. The Balaban J connectivity index is 2.11. The first kappa shape index (κ1) is 16.7. The van der Waals surface area contributed by atoms with Crippen LogP contribution in [0.25, 0.3) is 0 Å². The van der Waals surface area contributed by atoms with Crippen molar-refractivity contribution in [2.75, 3.05) is 20.3 Å². The van der Waals surface area contributed by atoms with Gasteiger partial charge in [0.15, 0.2) is 0 Å². The fourth-order valence-corrected chi connectivity index (χ4v) is 2.57. The van der Waals surface area contributed by atoms with Crippen molar-refractivity contribution < 1.29 is 18.7 Å². The topological polar surface area (TPSA) is 58.6 Å². The van der Waals surface area contributed by atoms with Crippen LogP contribution >= 0.6 is 11.6 Å². The first-order valence-electron chi connectivity index (χ1n) is 7.02. The minimum atomic E-state index is -0.511. The number of hydrogen-bond acceptors (Lipinski definition) is 3. The first-order chi connectivity index (χ1) is 10.5. The molecule has 1 aromatic rings. The average molecular weight is 329 g/mol. The fraction of sp³-hybridized carbons (Fsp3) is 0.467. The van der Waals surface area contributed by atoms with Crippen molar-refractivity contribution in [3.8, 4) is 0 Å². The Morgan fingerprint density at radius 1 is 1.55 bits per heavy atom. The number of benzene rings is 1. The van der Waals surface area contributed by atoms with Gasteiger partial charge in [0.25, 0.3) is 0 Å². The third-order valence-electron chi connectivity index (χ3n) is 3.55. The SMILES string of the molecule is COCCN(Cc1ccc(F)cc1Cl)C(=O)[C@H]1CCC(=O)N1. The van der Waals surface area contributed by atoms with Gasteiger partial charge < -0.3 is 15.0 Å². The number of hydrogen-bond donors (Lipinski definition) is 1. The summed E-state index contributed by atoms with van der Waals surface area (Å²) in [6.45, 7) is 0.980. The van der Waals surface area contributed by atoms with Gasteiger partial charge in [-0.15, -0.1) is 0 Å². The zero-order valence-electron chi connectivity index (χ0n) is 12.3. The molecular formula is C15H18ClFN2O3. The minimum Gasteiger partial charge on any atom is -0.383 e. The molecule has 1 aromatic carbocycles. The molecule has 7 heteroatoms. The molecule has 0 aliphatic carbocycles. The van der Waals surface area contributed by atoms with Gasteiger partial charge in [0.2, 0.25) is 11.8 Å². The van der Waals surface area contributed by atoms with Crippen molar-refractivity contribution in [1.29, 1.82) is 0 Å². The summed E-state index contributed by atoms with van der Waals surface area (Å²) < 4.78 is 18.1. The van der Waals surface area contributed by atoms with Gasteiger partial charge in [0, 0.05) is 31.6 Å². The molecule has 1 aliphatic heterocycles. The monoisotopic (exact) mass is 328 g/mol. The molecule has 120 valence electrons. The van der Waals surface area contributed by atoms with E-state index in [0.717, 1.165) is 0 Å². The molecule has 1 aliphatic rings. The summed E-state index contributed by atoms with van der Waals surface area (Å²) in [7, 11) is 1.55. The Morgan fingerprint density at radius 3 is 2.91 bits per heavy atom. The number of halogens is 2. The maximum absolute atomic E-state index is 13.1. The van der Waals surface area contributed by atoms with Gasteiger partial charge in [-0.05, 0) is 24.1 Å². The maximum atomic E-state index is 13.1. The molecule has 2 amide bonds. The van der Waals surface area contributed by atoms with Gasteiger partial charge in [-0.25, -0.2) is 4.39 Å². The van der Waals surface area contributed by atoms with Gasteiger partial charge in [-0.3, -0.25) is 9.59 Å². The average Bonchev–Trinajstić information content (AvgIpc) is 2.91. The number of ether oxygens (including phenoxy) is 1.